The summed E-state index contributed by atoms with van der Waals surface area (Å²) >= 11 is 3.13. The minimum atomic E-state index is -3.50. The summed E-state index contributed by atoms with van der Waals surface area (Å²) in [6.45, 7) is 0. The van der Waals surface area contributed by atoms with Crippen molar-refractivity contribution >= 4 is 35.7 Å². The zero-order valence-corrected chi connectivity index (χ0v) is 9.10. The smallest absolute Gasteiger partial charge is 0.211 e. The first-order valence-electron chi connectivity index (χ1n) is 3.14. The standard InChI is InChI=1S/C7H6BrClO2S/c8-5-6-1-3-7(4-2-6)12(9,10)11/h1-5,7H. The Labute approximate surface area is 84.2 Å². The van der Waals surface area contributed by atoms with E-state index < -0.39 is 14.3 Å². The molecule has 0 aromatic rings. The molecule has 0 saturated carbocycles. The molecule has 0 spiro atoms. The Balaban J connectivity index is 2.89. The van der Waals surface area contributed by atoms with Crippen molar-refractivity contribution in [3.63, 3.8) is 0 Å². The van der Waals surface area contributed by atoms with Crippen molar-refractivity contribution in [2.24, 2.45) is 0 Å². The third kappa shape index (κ3) is 2.47. The zero-order valence-electron chi connectivity index (χ0n) is 5.94. The molecule has 1 rings (SSSR count). The second-order valence-corrected chi connectivity index (χ2v) is 5.51. The van der Waals surface area contributed by atoms with E-state index in [1.54, 1.807) is 17.1 Å². The highest BCUT2D eigenvalue weighted by Gasteiger charge is 2.18. The molecule has 0 radical (unpaired) electrons. The molecule has 0 bridgehead atoms. The Morgan fingerprint density at radius 2 is 1.92 bits per heavy atom. The summed E-state index contributed by atoms with van der Waals surface area (Å²) in [7, 11) is 1.64. The van der Waals surface area contributed by atoms with E-state index in [0.717, 1.165) is 5.57 Å². The van der Waals surface area contributed by atoms with E-state index in [2.05, 4.69) is 15.9 Å². The van der Waals surface area contributed by atoms with Crippen LogP contribution in [0.25, 0.3) is 0 Å². The summed E-state index contributed by atoms with van der Waals surface area (Å²) in [4.78, 5) is 1.71. The number of halogens is 2. The van der Waals surface area contributed by atoms with Crippen LogP contribution in [0.1, 0.15) is 0 Å². The molecule has 1 aliphatic rings. The van der Waals surface area contributed by atoms with Crippen LogP contribution in [0.2, 0.25) is 0 Å². The summed E-state index contributed by atoms with van der Waals surface area (Å²) in [6, 6.07) is 0. The van der Waals surface area contributed by atoms with Crippen LogP contribution < -0.4 is 0 Å². The van der Waals surface area contributed by atoms with E-state index in [9.17, 15) is 8.42 Å². The van der Waals surface area contributed by atoms with Crippen LogP contribution in [0.3, 0.4) is 0 Å². The average Bonchev–Trinajstić information content (AvgIpc) is 2.03. The number of hydrogen-bond donors (Lipinski definition) is 0. The van der Waals surface area contributed by atoms with Crippen molar-refractivity contribution in [3.05, 3.63) is 34.9 Å². The fraction of sp³-hybridized carbons (Fsp3) is 0.143. The first-order valence-corrected chi connectivity index (χ1v) is 6.43. The highest BCUT2D eigenvalue weighted by molar-refractivity contribution is 9.11. The molecular weight excluding hydrogens is 263 g/mol. The third-order valence-electron chi connectivity index (χ3n) is 1.41. The molecule has 0 fully saturated rings. The lowest BCUT2D eigenvalue weighted by Gasteiger charge is -2.07. The molecule has 0 unspecified atom stereocenters. The maximum atomic E-state index is 10.8. The minimum Gasteiger partial charge on any atom is -0.211 e. The van der Waals surface area contributed by atoms with Gasteiger partial charge in [0.05, 0.1) is 0 Å². The number of allylic oxidation sites excluding steroid dienone is 3. The van der Waals surface area contributed by atoms with Crippen molar-refractivity contribution in [3.8, 4) is 0 Å². The quantitative estimate of drug-likeness (QED) is 0.685. The Morgan fingerprint density at radius 3 is 2.25 bits per heavy atom. The van der Waals surface area contributed by atoms with Crippen LogP contribution in [0, 0.1) is 0 Å². The van der Waals surface area contributed by atoms with E-state index in [1.807, 2.05) is 0 Å². The highest BCUT2D eigenvalue weighted by atomic mass is 79.9. The average molecular weight is 270 g/mol. The summed E-state index contributed by atoms with van der Waals surface area (Å²) in [5.74, 6) is 0. The van der Waals surface area contributed by atoms with Crippen LogP contribution in [0.4, 0.5) is 0 Å². The fourth-order valence-corrected chi connectivity index (χ4v) is 1.99. The maximum Gasteiger partial charge on any atom is 0.242 e. The lowest BCUT2D eigenvalue weighted by molar-refractivity contribution is 0.607. The summed E-state index contributed by atoms with van der Waals surface area (Å²) in [5, 5.41) is -0.699. The minimum absolute atomic E-state index is 0.699. The Kier molecular flexibility index (Phi) is 3.15. The van der Waals surface area contributed by atoms with E-state index in [1.165, 1.54) is 12.2 Å². The first-order chi connectivity index (χ1) is 5.54. The Morgan fingerprint density at radius 1 is 1.42 bits per heavy atom. The van der Waals surface area contributed by atoms with Gasteiger partial charge in [0.2, 0.25) is 9.05 Å². The molecule has 0 aromatic carbocycles. The molecule has 0 saturated heterocycles. The van der Waals surface area contributed by atoms with E-state index in [4.69, 9.17) is 10.7 Å². The molecule has 0 aliphatic heterocycles. The molecule has 12 heavy (non-hydrogen) atoms. The normalized spacial score (nSPS) is 22.8. The van der Waals surface area contributed by atoms with Crippen LogP contribution in [-0.4, -0.2) is 13.7 Å². The van der Waals surface area contributed by atoms with Crippen LogP contribution in [-0.2, 0) is 9.05 Å². The van der Waals surface area contributed by atoms with Gasteiger partial charge in [-0.2, -0.15) is 0 Å². The number of rotatable bonds is 1. The highest BCUT2D eigenvalue weighted by Crippen LogP contribution is 2.18. The van der Waals surface area contributed by atoms with Gasteiger partial charge in [-0.25, -0.2) is 8.42 Å². The largest absolute Gasteiger partial charge is 0.242 e. The molecule has 1 aliphatic carbocycles. The molecule has 0 amide bonds. The van der Waals surface area contributed by atoms with Crippen LogP contribution >= 0.6 is 26.6 Å². The van der Waals surface area contributed by atoms with E-state index >= 15 is 0 Å². The van der Waals surface area contributed by atoms with E-state index in [-0.39, 0.29) is 0 Å². The van der Waals surface area contributed by atoms with Gasteiger partial charge < -0.3 is 0 Å². The molecule has 0 atom stereocenters. The monoisotopic (exact) mass is 268 g/mol. The van der Waals surface area contributed by atoms with Gasteiger partial charge >= 0.3 is 0 Å². The SMILES string of the molecule is O=S(=O)(Cl)C1C=CC(=CBr)C=C1. The molecule has 0 aromatic heterocycles. The van der Waals surface area contributed by atoms with Gasteiger partial charge in [0.1, 0.15) is 5.25 Å². The Hall–Kier alpha value is -0.0600. The molecular formula is C7H6BrClO2S. The first kappa shape index (κ1) is 10.0. The van der Waals surface area contributed by atoms with Crippen molar-refractivity contribution in [1.29, 1.82) is 0 Å². The topological polar surface area (TPSA) is 34.1 Å². The molecule has 5 heteroatoms. The van der Waals surface area contributed by atoms with Gasteiger partial charge in [-0.05, 0) is 10.6 Å². The van der Waals surface area contributed by atoms with Crippen LogP contribution in [0.5, 0.6) is 0 Å². The number of hydrogen-bond acceptors (Lipinski definition) is 2. The van der Waals surface area contributed by atoms with Gasteiger partial charge in [-0.15, -0.1) is 0 Å². The fourth-order valence-electron chi connectivity index (χ4n) is 0.792. The molecule has 66 valence electrons. The second kappa shape index (κ2) is 3.77. The van der Waals surface area contributed by atoms with Gasteiger partial charge in [0.25, 0.3) is 0 Å². The van der Waals surface area contributed by atoms with Gasteiger partial charge in [0.15, 0.2) is 0 Å². The zero-order chi connectivity index (χ0) is 9.19. The second-order valence-electron chi connectivity index (χ2n) is 2.27. The molecule has 2 nitrogen and oxygen atoms in total. The van der Waals surface area contributed by atoms with Crippen molar-refractivity contribution < 1.29 is 8.42 Å². The van der Waals surface area contributed by atoms with Crippen molar-refractivity contribution in [1.82, 2.24) is 0 Å². The summed E-state index contributed by atoms with van der Waals surface area (Å²) in [5.41, 5.74) is 0.909. The van der Waals surface area contributed by atoms with Crippen molar-refractivity contribution in [2.75, 3.05) is 0 Å². The summed E-state index contributed by atoms with van der Waals surface area (Å²) < 4.78 is 21.6. The lowest BCUT2D eigenvalue weighted by Crippen LogP contribution is -2.11. The Bertz CT molecular complexity index is 338. The maximum absolute atomic E-state index is 10.8. The predicted molar refractivity (Wildman–Crippen MR) is 53.9 cm³/mol. The third-order valence-corrected chi connectivity index (χ3v) is 3.52. The van der Waals surface area contributed by atoms with E-state index in [0.29, 0.717) is 0 Å². The van der Waals surface area contributed by atoms with Crippen LogP contribution in [0.15, 0.2) is 34.9 Å². The van der Waals surface area contributed by atoms with Gasteiger partial charge in [-0.3, -0.25) is 0 Å². The van der Waals surface area contributed by atoms with Crippen molar-refractivity contribution in [2.45, 2.75) is 5.25 Å². The van der Waals surface area contributed by atoms with Gasteiger partial charge in [-0.1, -0.05) is 40.2 Å². The summed E-state index contributed by atoms with van der Waals surface area (Å²) in [6.07, 6.45) is 6.46. The van der Waals surface area contributed by atoms with Gasteiger partial charge in [0, 0.05) is 10.7 Å². The molecule has 0 heterocycles. The lowest BCUT2D eigenvalue weighted by atomic mass is 10.1. The predicted octanol–water partition coefficient (Wildman–Crippen LogP) is 2.33. The molecule has 0 N–H and O–H groups in total.